The van der Waals surface area contributed by atoms with Gasteiger partial charge >= 0.3 is 0 Å². The zero-order chi connectivity index (χ0) is 17.8. The van der Waals surface area contributed by atoms with Crippen molar-refractivity contribution >= 4 is 0 Å². The molecular formula is C21H23FN4. The summed E-state index contributed by atoms with van der Waals surface area (Å²) >= 11 is 0. The van der Waals surface area contributed by atoms with E-state index in [1.165, 1.54) is 17.7 Å². The Balaban J connectivity index is 1.70. The van der Waals surface area contributed by atoms with Crippen LogP contribution in [0, 0.1) is 5.82 Å². The number of nitrogens with zero attached hydrogens (tertiary/aromatic N) is 3. The highest BCUT2D eigenvalue weighted by Crippen LogP contribution is 2.28. The molecule has 4 rings (SSSR count). The molecule has 0 saturated carbocycles. The first-order valence-corrected chi connectivity index (χ1v) is 9.06. The monoisotopic (exact) mass is 350 g/mol. The molecule has 5 heteroatoms. The van der Waals surface area contributed by atoms with Crippen molar-refractivity contribution in [1.29, 1.82) is 0 Å². The molecule has 2 heterocycles. The third-order valence-corrected chi connectivity index (χ3v) is 4.89. The van der Waals surface area contributed by atoms with Crippen LogP contribution in [-0.2, 0) is 6.54 Å². The molecule has 3 aromatic rings. The Morgan fingerprint density at radius 3 is 2.46 bits per heavy atom. The minimum atomic E-state index is -0.208. The lowest BCUT2D eigenvalue weighted by Crippen LogP contribution is -2.46. The summed E-state index contributed by atoms with van der Waals surface area (Å²) in [5.41, 5.74) is 2.32. The molecule has 1 aliphatic heterocycles. The summed E-state index contributed by atoms with van der Waals surface area (Å²) in [7, 11) is 0. The van der Waals surface area contributed by atoms with E-state index < -0.39 is 0 Å². The van der Waals surface area contributed by atoms with Crippen molar-refractivity contribution in [3.8, 4) is 0 Å². The number of benzene rings is 2. The van der Waals surface area contributed by atoms with Gasteiger partial charge in [-0.05, 0) is 23.3 Å². The second-order valence-corrected chi connectivity index (χ2v) is 6.64. The van der Waals surface area contributed by atoms with Crippen LogP contribution in [0.2, 0.25) is 0 Å². The molecule has 0 spiro atoms. The van der Waals surface area contributed by atoms with Crippen LogP contribution in [0.3, 0.4) is 0 Å². The maximum Gasteiger partial charge on any atom is 0.130 e. The number of hydrogen-bond acceptors (Lipinski definition) is 3. The summed E-state index contributed by atoms with van der Waals surface area (Å²) in [5, 5.41) is 3.40. The number of halogens is 1. The topological polar surface area (TPSA) is 33.1 Å². The van der Waals surface area contributed by atoms with Crippen molar-refractivity contribution in [2.45, 2.75) is 12.6 Å². The van der Waals surface area contributed by atoms with E-state index in [4.69, 9.17) is 4.98 Å². The van der Waals surface area contributed by atoms with Gasteiger partial charge in [-0.3, -0.25) is 4.90 Å². The zero-order valence-corrected chi connectivity index (χ0v) is 14.7. The molecule has 0 aliphatic carbocycles. The fraction of sp³-hybridized carbons (Fsp3) is 0.286. The largest absolute Gasteiger partial charge is 0.329 e. The van der Waals surface area contributed by atoms with Crippen LogP contribution in [0.15, 0.2) is 67.0 Å². The molecule has 1 aliphatic rings. The molecule has 0 amide bonds. The highest BCUT2D eigenvalue weighted by Gasteiger charge is 2.27. The quantitative estimate of drug-likeness (QED) is 0.768. The third-order valence-electron chi connectivity index (χ3n) is 4.89. The fourth-order valence-electron chi connectivity index (χ4n) is 3.59. The summed E-state index contributed by atoms with van der Waals surface area (Å²) in [6.45, 7) is 4.58. The summed E-state index contributed by atoms with van der Waals surface area (Å²) in [6, 6.07) is 17.2. The van der Waals surface area contributed by atoms with Crippen LogP contribution < -0.4 is 5.32 Å². The van der Waals surface area contributed by atoms with Gasteiger partial charge in [0.1, 0.15) is 11.6 Å². The Morgan fingerprint density at radius 2 is 1.73 bits per heavy atom. The number of piperazine rings is 1. The van der Waals surface area contributed by atoms with Gasteiger partial charge in [0.15, 0.2) is 0 Å². The van der Waals surface area contributed by atoms with Crippen molar-refractivity contribution in [3.05, 3.63) is 89.8 Å². The predicted octanol–water partition coefficient (Wildman–Crippen LogP) is 3.07. The van der Waals surface area contributed by atoms with Crippen LogP contribution in [0.4, 0.5) is 4.39 Å². The predicted molar refractivity (Wildman–Crippen MR) is 100 cm³/mol. The van der Waals surface area contributed by atoms with Crippen LogP contribution >= 0.6 is 0 Å². The molecule has 26 heavy (non-hydrogen) atoms. The normalized spacial score (nSPS) is 16.5. The number of aromatic nitrogens is 2. The van der Waals surface area contributed by atoms with E-state index in [0.717, 1.165) is 44.1 Å². The first kappa shape index (κ1) is 16.9. The summed E-state index contributed by atoms with van der Waals surface area (Å²) in [4.78, 5) is 7.12. The molecule has 2 aromatic carbocycles. The molecule has 0 bridgehead atoms. The van der Waals surface area contributed by atoms with Gasteiger partial charge in [-0.2, -0.15) is 0 Å². The van der Waals surface area contributed by atoms with Crippen LogP contribution in [0.1, 0.15) is 23.0 Å². The van der Waals surface area contributed by atoms with Crippen molar-refractivity contribution in [2.24, 2.45) is 0 Å². The lowest BCUT2D eigenvalue weighted by Gasteiger charge is -2.35. The second-order valence-electron chi connectivity index (χ2n) is 6.64. The first-order chi connectivity index (χ1) is 12.8. The van der Waals surface area contributed by atoms with E-state index in [1.54, 1.807) is 0 Å². The molecular weight excluding hydrogens is 327 g/mol. The van der Waals surface area contributed by atoms with Gasteiger partial charge in [-0.15, -0.1) is 0 Å². The van der Waals surface area contributed by atoms with Gasteiger partial charge in [0.2, 0.25) is 0 Å². The van der Waals surface area contributed by atoms with Crippen LogP contribution in [0.5, 0.6) is 0 Å². The summed E-state index contributed by atoms with van der Waals surface area (Å²) < 4.78 is 15.7. The summed E-state index contributed by atoms with van der Waals surface area (Å²) in [6.07, 6.45) is 3.89. The van der Waals surface area contributed by atoms with Gasteiger partial charge in [0.05, 0.1) is 6.04 Å². The van der Waals surface area contributed by atoms with E-state index in [9.17, 15) is 4.39 Å². The molecule has 4 nitrogen and oxygen atoms in total. The van der Waals surface area contributed by atoms with Crippen molar-refractivity contribution in [3.63, 3.8) is 0 Å². The fourth-order valence-corrected chi connectivity index (χ4v) is 3.59. The second kappa shape index (κ2) is 7.81. The van der Waals surface area contributed by atoms with E-state index >= 15 is 0 Å². The number of rotatable bonds is 5. The average molecular weight is 350 g/mol. The molecule has 1 atom stereocenters. The lowest BCUT2D eigenvalue weighted by molar-refractivity contribution is 0.189. The van der Waals surface area contributed by atoms with Crippen LogP contribution in [0.25, 0.3) is 0 Å². The highest BCUT2D eigenvalue weighted by molar-refractivity contribution is 5.27. The molecule has 1 fully saturated rings. The molecule has 1 N–H and O–H groups in total. The Morgan fingerprint density at radius 1 is 1.00 bits per heavy atom. The van der Waals surface area contributed by atoms with Gasteiger partial charge in [-0.1, -0.05) is 42.5 Å². The lowest BCUT2D eigenvalue weighted by atomic mass is 10.0. The Hall–Kier alpha value is -2.50. The number of imidazole rings is 1. The van der Waals surface area contributed by atoms with Gasteiger partial charge in [0.25, 0.3) is 0 Å². The van der Waals surface area contributed by atoms with Gasteiger partial charge in [-0.25, -0.2) is 9.37 Å². The Bertz CT molecular complexity index is 823. The Labute approximate surface area is 153 Å². The van der Waals surface area contributed by atoms with E-state index in [1.807, 2.05) is 30.6 Å². The zero-order valence-electron chi connectivity index (χ0n) is 14.7. The maximum atomic E-state index is 13.5. The van der Waals surface area contributed by atoms with E-state index in [-0.39, 0.29) is 11.9 Å². The molecule has 1 saturated heterocycles. The van der Waals surface area contributed by atoms with E-state index in [0.29, 0.717) is 0 Å². The minimum absolute atomic E-state index is 0.0245. The Kier molecular flexibility index (Phi) is 5.09. The molecule has 0 radical (unpaired) electrons. The number of nitrogens with one attached hydrogen (secondary N) is 1. The van der Waals surface area contributed by atoms with Crippen molar-refractivity contribution in [1.82, 2.24) is 19.8 Å². The number of hydrogen-bond donors (Lipinski definition) is 1. The minimum Gasteiger partial charge on any atom is -0.329 e. The molecule has 1 aromatic heterocycles. The molecule has 1 unspecified atom stereocenters. The first-order valence-electron chi connectivity index (χ1n) is 9.06. The van der Waals surface area contributed by atoms with Gasteiger partial charge < -0.3 is 9.88 Å². The van der Waals surface area contributed by atoms with Crippen molar-refractivity contribution in [2.75, 3.05) is 26.2 Å². The standard InChI is InChI=1S/C21H23FN4/c22-19-8-6-18(7-9-19)20(25-13-10-23-11-14-25)21-24-12-15-26(21)16-17-4-2-1-3-5-17/h1-9,12,15,20,23H,10-11,13-14,16H2. The smallest absolute Gasteiger partial charge is 0.130 e. The maximum absolute atomic E-state index is 13.5. The average Bonchev–Trinajstić information content (AvgIpc) is 3.13. The SMILES string of the molecule is Fc1ccc(C(c2nccn2Cc2ccccc2)N2CCNCC2)cc1. The highest BCUT2D eigenvalue weighted by atomic mass is 19.1. The summed E-state index contributed by atoms with van der Waals surface area (Å²) in [5.74, 6) is 0.794. The third kappa shape index (κ3) is 3.69. The van der Waals surface area contributed by atoms with E-state index in [2.05, 4.69) is 39.0 Å². The van der Waals surface area contributed by atoms with Crippen LogP contribution in [-0.4, -0.2) is 40.6 Å². The van der Waals surface area contributed by atoms with Gasteiger partial charge in [0, 0.05) is 45.1 Å². The van der Waals surface area contributed by atoms with Crippen molar-refractivity contribution < 1.29 is 4.39 Å². The molecule has 134 valence electrons.